The Bertz CT molecular complexity index is 248. The lowest BCUT2D eigenvalue weighted by Gasteiger charge is -2.28. The van der Waals surface area contributed by atoms with Gasteiger partial charge in [-0.3, -0.25) is 4.99 Å². The molecule has 2 N–H and O–H groups in total. The van der Waals surface area contributed by atoms with Crippen LogP contribution in [0.4, 0.5) is 0 Å². The van der Waals surface area contributed by atoms with E-state index in [-0.39, 0.29) is 0 Å². The Morgan fingerprint density at radius 3 is 2.58 bits per heavy atom. The van der Waals surface area contributed by atoms with E-state index in [9.17, 15) is 0 Å². The zero-order valence-corrected chi connectivity index (χ0v) is 12.9. The van der Waals surface area contributed by atoms with Gasteiger partial charge in [0.1, 0.15) is 0 Å². The van der Waals surface area contributed by atoms with Gasteiger partial charge in [0.05, 0.1) is 0 Å². The Morgan fingerprint density at radius 1 is 1.21 bits per heavy atom. The molecule has 0 bridgehead atoms. The van der Waals surface area contributed by atoms with Crippen LogP contribution in [0.15, 0.2) is 4.99 Å². The number of guanidine groups is 1. The second-order valence-corrected chi connectivity index (χ2v) is 5.50. The fraction of sp³-hybridized carbons (Fsp3) is 0.933. The summed E-state index contributed by atoms with van der Waals surface area (Å²) in [5, 5.41) is 6.92. The van der Waals surface area contributed by atoms with E-state index in [2.05, 4.69) is 22.5 Å². The minimum absolute atomic E-state index is 0.603. The summed E-state index contributed by atoms with van der Waals surface area (Å²) < 4.78 is 5.32. The molecule has 4 heteroatoms. The van der Waals surface area contributed by atoms with Crippen molar-refractivity contribution in [2.75, 3.05) is 26.8 Å². The van der Waals surface area contributed by atoms with E-state index in [1.807, 2.05) is 14.0 Å². The van der Waals surface area contributed by atoms with Gasteiger partial charge in [-0.2, -0.15) is 0 Å². The van der Waals surface area contributed by atoms with Gasteiger partial charge in [0.25, 0.3) is 0 Å². The van der Waals surface area contributed by atoms with E-state index in [0.717, 1.165) is 44.5 Å². The molecule has 0 amide bonds. The van der Waals surface area contributed by atoms with Gasteiger partial charge < -0.3 is 15.4 Å². The summed E-state index contributed by atoms with van der Waals surface area (Å²) in [6.07, 6.45) is 7.45. The van der Waals surface area contributed by atoms with Crippen LogP contribution in [0.5, 0.6) is 0 Å². The lowest BCUT2D eigenvalue weighted by Crippen LogP contribution is -2.45. The lowest BCUT2D eigenvalue weighted by molar-refractivity contribution is 0.143. The largest absolute Gasteiger partial charge is 0.382 e. The summed E-state index contributed by atoms with van der Waals surface area (Å²) >= 11 is 0. The SMILES string of the molecule is CCOCCCCNC(=NC)NC1CCC(C)CC1. The average Bonchev–Trinajstić information content (AvgIpc) is 2.43. The molecule has 0 spiro atoms. The molecule has 1 rings (SSSR count). The van der Waals surface area contributed by atoms with E-state index < -0.39 is 0 Å². The number of unbranched alkanes of at least 4 members (excludes halogenated alkanes) is 1. The van der Waals surface area contributed by atoms with Gasteiger partial charge in [-0.05, 0) is 51.4 Å². The second kappa shape index (κ2) is 10.1. The summed E-state index contributed by atoms with van der Waals surface area (Å²) in [4.78, 5) is 4.30. The fourth-order valence-electron chi connectivity index (χ4n) is 2.47. The first-order valence-electron chi connectivity index (χ1n) is 7.81. The third-order valence-corrected chi connectivity index (χ3v) is 3.79. The van der Waals surface area contributed by atoms with Crippen LogP contribution in [-0.4, -0.2) is 38.8 Å². The van der Waals surface area contributed by atoms with Crippen LogP contribution in [0.25, 0.3) is 0 Å². The first-order valence-corrected chi connectivity index (χ1v) is 7.81. The molecule has 0 unspecified atom stereocenters. The lowest BCUT2D eigenvalue weighted by atomic mass is 9.87. The number of rotatable bonds is 7. The Kier molecular flexibility index (Phi) is 8.63. The molecule has 0 aliphatic heterocycles. The number of nitrogens with zero attached hydrogens (tertiary/aromatic N) is 1. The van der Waals surface area contributed by atoms with E-state index in [1.54, 1.807) is 0 Å². The van der Waals surface area contributed by atoms with Crippen molar-refractivity contribution in [3.63, 3.8) is 0 Å². The van der Waals surface area contributed by atoms with Crippen LogP contribution in [0.1, 0.15) is 52.4 Å². The highest BCUT2D eigenvalue weighted by Crippen LogP contribution is 2.23. The molecule has 1 fully saturated rings. The van der Waals surface area contributed by atoms with Crippen LogP contribution >= 0.6 is 0 Å². The van der Waals surface area contributed by atoms with Crippen LogP contribution in [0, 0.1) is 5.92 Å². The van der Waals surface area contributed by atoms with E-state index in [0.29, 0.717) is 6.04 Å². The van der Waals surface area contributed by atoms with Crippen LogP contribution < -0.4 is 10.6 Å². The molecule has 1 aliphatic carbocycles. The number of hydrogen-bond acceptors (Lipinski definition) is 2. The molecule has 0 saturated heterocycles. The topological polar surface area (TPSA) is 45.6 Å². The highest BCUT2D eigenvalue weighted by atomic mass is 16.5. The molecule has 4 nitrogen and oxygen atoms in total. The summed E-state index contributed by atoms with van der Waals surface area (Å²) in [6.45, 7) is 7.04. The van der Waals surface area contributed by atoms with Crippen LogP contribution in [0.3, 0.4) is 0 Å². The molecule has 0 aromatic rings. The molecule has 1 saturated carbocycles. The predicted octanol–water partition coefficient (Wildman–Crippen LogP) is 2.55. The molecule has 0 atom stereocenters. The van der Waals surface area contributed by atoms with Crippen molar-refractivity contribution < 1.29 is 4.74 Å². The zero-order chi connectivity index (χ0) is 13.9. The third kappa shape index (κ3) is 7.41. The Morgan fingerprint density at radius 2 is 1.95 bits per heavy atom. The van der Waals surface area contributed by atoms with Gasteiger partial charge in [-0.1, -0.05) is 6.92 Å². The first kappa shape index (κ1) is 16.3. The maximum Gasteiger partial charge on any atom is 0.191 e. The normalized spacial score (nSPS) is 24.3. The molecule has 1 aliphatic rings. The van der Waals surface area contributed by atoms with Crippen LogP contribution in [-0.2, 0) is 4.74 Å². The Balaban J connectivity index is 2.09. The maximum absolute atomic E-state index is 5.32. The summed E-state index contributed by atoms with van der Waals surface area (Å²) in [6, 6.07) is 0.603. The second-order valence-electron chi connectivity index (χ2n) is 5.50. The monoisotopic (exact) mass is 269 g/mol. The van der Waals surface area contributed by atoms with Crippen molar-refractivity contribution in [3.05, 3.63) is 0 Å². The van der Waals surface area contributed by atoms with Crippen molar-refractivity contribution in [2.24, 2.45) is 10.9 Å². The van der Waals surface area contributed by atoms with Crippen molar-refractivity contribution in [3.8, 4) is 0 Å². The Hall–Kier alpha value is -0.770. The van der Waals surface area contributed by atoms with E-state index in [4.69, 9.17) is 4.74 Å². The summed E-state index contributed by atoms with van der Waals surface area (Å²) in [5.41, 5.74) is 0. The van der Waals surface area contributed by atoms with Gasteiger partial charge >= 0.3 is 0 Å². The molecular formula is C15H31N3O. The highest BCUT2D eigenvalue weighted by molar-refractivity contribution is 5.79. The summed E-state index contributed by atoms with van der Waals surface area (Å²) in [7, 11) is 1.85. The van der Waals surface area contributed by atoms with Gasteiger partial charge in [-0.25, -0.2) is 0 Å². The quantitative estimate of drug-likeness (QED) is 0.424. The number of aliphatic imine (C=N–C) groups is 1. The minimum Gasteiger partial charge on any atom is -0.382 e. The van der Waals surface area contributed by atoms with Crippen molar-refractivity contribution in [1.82, 2.24) is 10.6 Å². The average molecular weight is 269 g/mol. The molecule has 0 aromatic heterocycles. The van der Waals surface area contributed by atoms with Crippen LogP contribution in [0.2, 0.25) is 0 Å². The highest BCUT2D eigenvalue weighted by Gasteiger charge is 2.18. The minimum atomic E-state index is 0.603. The van der Waals surface area contributed by atoms with Crippen molar-refractivity contribution in [2.45, 2.75) is 58.4 Å². The Labute approximate surface area is 118 Å². The molecule has 0 radical (unpaired) electrons. The van der Waals surface area contributed by atoms with E-state index >= 15 is 0 Å². The van der Waals surface area contributed by atoms with E-state index in [1.165, 1.54) is 25.7 Å². The molecule has 0 aromatic carbocycles. The number of ether oxygens (including phenoxy) is 1. The fourth-order valence-corrected chi connectivity index (χ4v) is 2.47. The smallest absolute Gasteiger partial charge is 0.191 e. The first-order chi connectivity index (χ1) is 9.26. The van der Waals surface area contributed by atoms with Gasteiger partial charge in [0, 0.05) is 32.8 Å². The predicted molar refractivity (Wildman–Crippen MR) is 81.6 cm³/mol. The van der Waals surface area contributed by atoms with Gasteiger partial charge in [0.2, 0.25) is 0 Å². The number of nitrogens with one attached hydrogen (secondary N) is 2. The maximum atomic E-state index is 5.32. The van der Waals surface area contributed by atoms with Gasteiger partial charge in [0.15, 0.2) is 5.96 Å². The molecule has 0 heterocycles. The van der Waals surface area contributed by atoms with Crippen molar-refractivity contribution >= 4 is 5.96 Å². The standard InChI is InChI=1S/C15H31N3O/c1-4-19-12-6-5-11-17-15(16-3)18-14-9-7-13(2)8-10-14/h13-14H,4-12H2,1-3H3,(H2,16,17,18). The zero-order valence-electron chi connectivity index (χ0n) is 12.9. The molecular weight excluding hydrogens is 238 g/mol. The van der Waals surface area contributed by atoms with Gasteiger partial charge in [-0.15, -0.1) is 0 Å². The molecule has 19 heavy (non-hydrogen) atoms. The number of hydrogen-bond donors (Lipinski definition) is 2. The summed E-state index contributed by atoms with van der Waals surface area (Å²) in [5.74, 6) is 1.85. The third-order valence-electron chi connectivity index (χ3n) is 3.79. The van der Waals surface area contributed by atoms with Crippen molar-refractivity contribution in [1.29, 1.82) is 0 Å². The molecule has 112 valence electrons.